The Morgan fingerprint density at radius 1 is 1.00 bits per heavy atom. The summed E-state index contributed by atoms with van der Waals surface area (Å²) in [6, 6.07) is 15.8. The van der Waals surface area contributed by atoms with Gasteiger partial charge in [0, 0.05) is 22.0 Å². The van der Waals surface area contributed by atoms with Gasteiger partial charge in [0.15, 0.2) is 0 Å². The molecule has 0 aliphatic carbocycles. The number of benzene rings is 2. The second kappa shape index (κ2) is 6.42. The zero-order valence-electron chi connectivity index (χ0n) is 10.8. The fraction of sp³-hybridized carbons (Fsp3) is 0.250. The molecule has 0 aliphatic rings. The van der Waals surface area contributed by atoms with Crippen LogP contribution in [-0.4, -0.2) is 6.04 Å². The Morgan fingerprint density at radius 3 is 2.21 bits per heavy atom. The molecule has 2 aromatic carbocycles. The highest BCUT2D eigenvalue weighted by atomic mass is 35.5. The summed E-state index contributed by atoms with van der Waals surface area (Å²) in [5.41, 5.74) is 8.45. The Bertz CT molecular complexity index is 535. The molecule has 3 heteroatoms. The van der Waals surface area contributed by atoms with Crippen molar-refractivity contribution in [2.24, 2.45) is 5.73 Å². The van der Waals surface area contributed by atoms with Crippen LogP contribution in [0, 0.1) is 0 Å². The van der Waals surface area contributed by atoms with Crippen molar-refractivity contribution in [3.63, 3.8) is 0 Å². The molecule has 2 aromatic rings. The number of hydrogen-bond acceptors (Lipinski definition) is 1. The average molecular weight is 294 g/mol. The molecule has 0 heterocycles. The Hall–Kier alpha value is -1.02. The van der Waals surface area contributed by atoms with Gasteiger partial charge in [-0.3, -0.25) is 0 Å². The summed E-state index contributed by atoms with van der Waals surface area (Å²) in [6.45, 7) is 2.02. The van der Waals surface area contributed by atoms with Gasteiger partial charge in [-0.15, -0.1) is 0 Å². The van der Waals surface area contributed by atoms with Crippen molar-refractivity contribution in [2.45, 2.75) is 25.3 Å². The third-order valence-corrected chi connectivity index (χ3v) is 3.95. The molecule has 0 spiro atoms. The lowest BCUT2D eigenvalue weighted by Crippen LogP contribution is -2.26. The molecule has 2 rings (SSSR count). The number of halogens is 2. The van der Waals surface area contributed by atoms with Gasteiger partial charge in [-0.1, -0.05) is 53.5 Å². The van der Waals surface area contributed by atoms with Crippen molar-refractivity contribution in [3.8, 4) is 0 Å². The van der Waals surface area contributed by atoms with E-state index in [1.54, 1.807) is 0 Å². The van der Waals surface area contributed by atoms with E-state index in [4.69, 9.17) is 28.9 Å². The minimum Gasteiger partial charge on any atom is -0.327 e. The summed E-state index contributed by atoms with van der Waals surface area (Å²) in [6.07, 6.45) is 0.832. The molecule has 0 saturated heterocycles. The van der Waals surface area contributed by atoms with Crippen LogP contribution in [0.1, 0.15) is 24.0 Å². The van der Waals surface area contributed by atoms with Crippen LogP contribution in [0.5, 0.6) is 0 Å². The van der Waals surface area contributed by atoms with Crippen LogP contribution < -0.4 is 5.73 Å². The maximum atomic E-state index is 6.22. The molecule has 0 radical (unpaired) electrons. The van der Waals surface area contributed by atoms with Crippen LogP contribution >= 0.6 is 23.2 Å². The standard InChI is InChI=1S/C16H17Cl2N/c1-11(19)15(12-6-8-14(17)9-7-12)10-13-4-2-3-5-16(13)18/h2-9,11,15H,10,19H2,1H3. The zero-order valence-corrected chi connectivity index (χ0v) is 12.3. The van der Waals surface area contributed by atoms with Crippen molar-refractivity contribution >= 4 is 23.2 Å². The molecule has 0 saturated carbocycles. The Morgan fingerprint density at radius 2 is 1.63 bits per heavy atom. The minimum absolute atomic E-state index is 0.0532. The third kappa shape index (κ3) is 3.73. The van der Waals surface area contributed by atoms with Gasteiger partial charge in [0.2, 0.25) is 0 Å². The van der Waals surface area contributed by atoms with Crippen molar-refractivity contribution in [2.75, 3.05) is 0 Å². The fourth-order valence-corrected chi connectivity index (χ4v) is 2.56. The van der Waals surface area contributed by atoms with Crippen LogP contribution in [0.4, 0.5) is 0 Å². The van der Waals surface area contributed by atoms with E-state index in [1.807, 2.05) is 55.5 Å². The van der Waals surface area contributed by atoms with Crippen LogP contribution in [0.15, 0.2) is 48.5 Å². The first-order chi connectivity index (χ1) is 9.08. The van der Waals surface area contributed by atoms with E-state index < -0.39 is 0 Å². The molecule has 0 fully saturated rings. The predicted octanol–water partition coefficient (Wildman–Crippen LogP) is 4.67. The molecule has 2 atom stereocenters. The molecule has 2 N–H and O–H groups in total. The molecule has 0 amide bonds. The summed E-state index contributed by atoms with van der Waals surface area (Å²) in [4.78, 5) is 0. The van der Waals surface area contributed by atoms with Gasteiger partial charge in [0.25, 0.3) is 0 Å². The molecular formula is C16H17Cl2N. The summed E-state index contributed by atoms with van der Waals surface area (Å²) in [5, 5.41) is 1.53. The Labute approximate surface area is 124 Å². The maximum absolute atomic E-state index is 6.22. The molecule has 100 valence electrons. The van der Waals surface area contributed by atoms with Gasteiger partial charge in [0.05, 0.1) is 0 Å². The van der Waals surface area contributed by atoms with Crippen LogP contribution in [0.25, 0.3) is 0 Å². The SMILES string of the molecule is CC(N)C(Cc1ccccc1Cl)c1ccc(Cl)cc1. The second-order valence-electron chi connectivity index (χ2n) is 4.81. The highest BCUT2D eigenvalue weighted by Crippen LogP contribution is 2.27. The van der Waals surface area contributed by atoms with E-state index in [-0.39, 0.29) is 12.0 Å². The van der Waals surface area contributed by atoms with E-state index in [0.717, 1.165) is 22.0 Å². The predicted molar refractivity (Wildman–Crippen MR) is 83.0 cm³/mol. The van der Waals surface area contributed by atoms with Gasteiger partial charge < -0.3 is 5.73 Å². The first-order valence-corrected chi connectivity index (χ1v) is 7.08. The van der Waals surface area contributed by atoms with E-state index in [1.165, 1.54) is 5.56 Å². The molecule has 0 aromatic heterocycles. The maximum Gasteiger partial charge on any atom is 0.0438 e. The normalized spacial score (nSPS) is 14.1. The minimum atomic E-state index is 0.0532. The van der Waals surface area contributed by atoms with Crippen LogP contribution in [0.2, 0.25) is 10.0 Å². The van der Waals surface area contributed by atoms with Gasteiger partial charge in [-0.05, 0) is 42.7 Å². The number of hydrogen-bond donors (Lipinski definition) is 1. The molecular weight excluding hydrogens is 277 g/mol. The first-order valence-electron chi connectivity index (χ1n) is 6.32. The lowest BCUT2D eigenvalue weighted by atomic mass is 9.87. The highest BCUT2D eigenvalue weighted by molar-refractivity contribution is 6.31. The largest absolute Gasteiger partial charge is 0.327 e. The molecule has 1 nitrogen and oxygen atoms in total. The second-order valence-corrected chi connectivity index (χ2v) is 5.66. The van der Waals surface area contributed by atoms with Gasteiger partial charge in [-0.2, -0.15) is 0 Å². The molecule has 0 bridgehead atoms. The molecule has 2 unspecified atom stereocenters. The summed E-state index contributed by atoms with van der Waals surface area (Å²) >= 11 is 12.2. The van der Waals surface area contributed by atoms with Crippen molar-refractivity contribution < 1.29 is 0 Å². The highest BCUT2D eigenvalue weighted by Gasteiger charge is 2.18. The number of nitrogens with two attached hydrogens (primary N) is 1. The Kier molecular flexibility index (Phi) is 4.87. The van der Waals surface area contributed by atoms with Crippen molar-refractivity contribution in [3.05, 3.63) is 69.7 Å². The average Bonchev–Trinajstić information content (AvgIpc) is 2.39. The lowest BCUT2D eigenvalue weighted by molar-refractivity contribution is 0.565. The monoisotopic (exact) mass is 293 g/mol. The molecule has 19 heavy (non-hydrogen) atoms. The summed E-state index contributed by atoms with van der Waals surface area (Å²) in [7, 11) is 0. The third-order valence-electron chi connectivity index (χ3n) is 3.33. The van der Waals surface area contributed by atoms with E-state index >= 15 is 0 Å². The fourth-order valence-electron chi connectivity index (χ4n) is 2.22. The van der Waals surface area contributed by atoms with E-state index in [2.05, 4.69) is 0 Å². The van der Waals surface area contributed by atoms with E-state index in [9.17, 15) is 0 Å². The van der Waals surface area contributed by atoms with Crippen LogP contribution in [0.3, 0.4) is 0 Å². The van der Waals surface area contributed by atoms with Gasteiger partial charge in [0.1, 0.15) is 0 Å². The quantitative estimate of drug-likeness (QED) is 0.871. The van der Waals surface area contributed by atoms with Crippen LogP contribution in [-0.2, 0) is 6.42 Å². The zero-order chi connectivity index (χ0) is 13.8. The van der Waals surface area contributed by atoms with Gasteiger partial charge in [-0.25, -0.2) is 0 Å². The summed E-state index contributed by atoms with van der Waals surface area (Å²) < 4.78 is 0. The lowest BCUT2D eigenvalue weighted by Gasteiger charge is -2.22. The first kappa shape index (κ1) is 14.4. The van der Waals surface area contributed by atoms with E-state index in [0.29, 0.717) is 0 Å². The number of rotatable bonds is 4. The topological polar surface area (TPSA) is 26.0 Å². The van der Waals surface area contributed by atoms with Crippen molar-refractivity contribution in [1.29, 1.82) is 0 Å². The molecule has 0 aliphatic heterocycles. The van der Waals surface area contributed by atoms with Gasteiger partial charge >= 0.3 is 0 Å². The van der Waals surface area contributed by atoms with Crippen molar-refractivity contribution in [1.82, 2.24) is 0 Å². The summed E-state index contributed by atoms with van der Waals surface area (Å²) in [5.74, 6) is 0.233. The Balaban J connectivity index is 2.26. The smallest absolute Gasteiger partial charge is 0.0438 e.